The molecule has 0 N–H and O–H groups in total. The topological polar surface area (TPSA) is 17.1 Å². The average molecular weight is 98.1 g/mol. The smallest absolute Gasteiger partial charge is 0.123 e. The molecule has 0 bridgehead atoms. The Kier molecular flexibility index (Phi) is 3.67. The molecule has 0 spiro atoms. The van der Waals surface area contributed by atoms with Crippen molar-refractivity contribution in [2.75, 3.05) is 0 Å². The van der Waals surface area contributed by atoms with Crippen LogP contribution in [-0.4, -0.2) is 6.29 Å². The minimum absolute atomic E-state index is 0.0833. The Morgan fingerprint density at radius 1 is 1.43 bits per heavy atom. The minimum atomic E-state index is 0.0833. The molecule has 0 aromatic heterocycles. The van der Waals surface area contributed by atoms with E-state index in [-0.39, 0.29) is 5.92 Å². The van der Waals surface area contributed by atoms with E-state index in [1.807, 2.05) is 0 Å². The predicted octanol–water partition coefficient (Wildman–Crippen LogP) is 1.25. The van der Waals surface area contributed by atoms with E-state index in [2.05, 4.69) is 13.8 Å². The van der Waals surface area contributed by atoms with Crippen LogP contribution in [0.1, 0.15) is 12.8 Å². The van der Waals surface area contributed by atoms with E-state index in [1.165, 1.54) is 0 Å². The van der Waals surface area contributed by atoms with Gasteiger partial charge in [0.2, 0.25) is 0 Å². The summed E-state index contributed by atoms with van der Waals surface area (Å²) >= 11 is 0. The quantitative estimate of drug-likeness (QED) is 0.485. The third kappa shape index (κ3) is 2.38. The van der Waals surface area contributed by atoms with Gasteiger partial charge in [-0.3, -0.25) is 0 Å². The molecule has 0 aliphatic rings. The van der Waals surface area contributed by atoms with Gasteiger partial charge < -0.3 is 4.79 Å². The van der Waals surface area contributed by atoms with Gasteiger partial charge in [-0.1, -0.05) is 13.8 Å². The van der Waals surface area contributed by atoms with E-state index >= 15 is 0 Å². The zero-order valence-corrected chi connectivity index (χ0v) is 4.39. The lowest BCUT2D eigenvalue weighted by Crippen LogP contribution is -1.96. The Bertz CT molecular complexity index is 46.1. The number of hydrogen-bond acceptors (Lipinski definition) is 1. The van der Waals surface area contributed by atoms with Crippen LogP contribution in [0, 0.1) is 19.8 Å². The highest BCUT2D eigenvalue weighted by atomic mass is 16.1. The molecule has 0 rings (SSSR count). The summed E-state index contributed by atoms with van der Waals surface area (Å²) in [4.78, 5) is 9.89. The summed E-state index contributed by atoms with van der Waals surface area (Å²) in [5.41, 5.74) is 0. The number of rotatable bonds is 3. The van der Waals surface area contributed by atoms with Crippen molar-refractivity contribution in [3.8, 4) is 0 Å². The number of carbonyl (C=O) groups is 1. The van der Waals surface area contributed by atoms with Gasteiger partial charge in [-0.2, -0.15) is 0 Å². The van der Waals surface area contributed by atoms with Gasteiger partial charge in [0.25, 0.3) is 0 Å². The molecule has 0 aromatic rings. The molecular weight excluding hydrogens is 88.1 g/mol. The first-order valence-corrected chi connectivity index (χ1v) is 2.39. The summed E-state index contributed by atoms with van der Waals surface area (Å²) in [6.45, 7) is 7.11. The maximum atomic E-state index is 9.89. The Labute approximate surface area is 44.7 Å². The fraction of sp³-hybridized carbons (Fsp3) is 0.500. The minimum Gasteiger partial charge on any atom is -0.303 e. The van der Waals surface area contributed by atoms with Crippen molar-refractivity contribution in [1.29, 1.82) is 0 Å². The second-order valence-corrected chi connectivity index (χ2v) is 1.47. The fourth-order valence-electron chi connectivity index (χ4n) is 0.280. The molecule has 0 unspecified atom stereocenters. The van der Waals surface area contributed by atoms with Crippen LogP contribution < -0.4 is 0 Å². The maximum absolute atomic E-state index is 9.89. The van der Waals surface area contributed by atoms with Gasteiger partial charge in [0.15, 0.2) is 0 Å². The molecule has 0 aliphatic heterocycles. The van der Waals surface area contributed by atoms with Crippen LogP contribution in [0.4, 0.5) is 0 Å². The molecule has 0 atom stereocenters. The molecule has 0 heterocycles. The molecule has 0 fully saturated rings. The van der Waals surface area contributed by atoms with Crippen LogP contribution >= 0.6 is 0 Å². The molecule has 1 nitrogen and oxygen atoms in total. The summed E-state index contributed by atoms with van der Waals surface area (Å²) in [6.07, 6.45) is 2.25. The van der Waals surface area contributed by atoms with E-state index in [0.717, 1.165) is 6.29 Å². The molecule has 0 saturated carbocycles. The summed E-state index contributed by atoms with van der Waals surface area (Å²) in [5.74, 6) is 0.0833. The first kappa shape index (κ1) is 6.67. The SMILES string of the molecule is [CH2]CC(C=O)C[CH2]. The van der Waals surface area contributed by atoms with Crippen molar-refractivity contribution in [3.63, 3.8) is 0 Å². The van der Waals surface area contributed by atoms with Crippen molar-refractivity contribution in [2.45, 2.75) is 12.8 Å². The first-order chi connectivity index (χ1) is 3.35. The van der Waals surface area contributed by atoms with Crippen molar-refractivity contribution in [1.82, 2.24) is 0 Å². The van der Waals surface area contributed by atoms with Crippen molar-refractivity contribution in [2.24, 2.45) is 5.92 Å². The lowest BCUT2D eigenvalue weighted by molar-refractivity contribution is -0.110. The Balaban J connectivity index is 3.16. The molecule has 2 radical (unpaired) electrons. The molecule has 0 saturated heterocycles. The highest BCUT2D eigenvalue weighted by molar-refractivity contribution is 5.53. The summed E-state index contributed by atoms with van der Waals surface area (Å²) in [5, 5.41) is 0. The second kappa shape index (κ2) is 3.85. The maximum Gasteiger partial charge on any atom is 0.123 e. The van der Waals surface area contributed by atoms with E-state index in [0.29, 0.717) is 12.8 Å². The van der Waals surface area contributed by atoms with Gasteiger partial charge in [-0.25, -0.2) is 0 Å². The fourth-order valence-corrected chi connectivity index (χ4v) is 0.280. The third-order valence-electron chi connectivity index (χ3n) is 0.934. The van der Waals surface area contributed by atoms with Gasteiger partial charge in [0, 0.05) is 5.92 Å². The van der Waals surface area contributed by atoms with Crippen LogP contribution in [0.2, 0.25) is 0 Å². The Morgan fingerprint density at radius 3 is 1.86 bits per heavy atom. The van der Waals surface area contributed by atoms with E-state index in [1.54, 1.807) is 0 Å². The highest BCUT2D eigenvalue weighted by Gasteiger charge is 1.96. The number of hydrogen-bond donors (Lipinski definition) is 0. The Morgan fingerprint density at radius 2 is 1.86 bits per heavy atom. The molecule has 40 valence electrons. The van der Waals surface area contributed by atoms with Gasteiger partial charge in [-0.15, -0.1) is 0 Å². The standard InChI is InChI=1S/C6H10O/c1-3-6(4-2)5-7/h5-6H,1-4H2. The largest absolute Gasteiger partial charge is 0.303 e. The van der Waals surface area contributed by atoms with E-state index in [4.69, 9.17) is 0 Å². The van der Waals surface area contributed by atoms with Gasteiger partial charge in [0.1, 0.15) is 6.29 Å². The van der Waals surface area contributed by atoms with Crippen LogP contribution in [0.5, 0.6) is 0 Å². The molecule has 7 heavy (non-hydrogen) atoms. The first-order valence-electron chi connectivity index (χ1n) is 2.39. The predicted molar refractivity (Wildman–Crippen MR) is 29.5 cm³/mol. The van der Waals surface area contributed by atoms with Crippen molar-refractivity contribution < 1.29 is 4.79 Å². The van der Waals surface area contributed by atoms with E-state index in [9.17, 15) is 4.79 Å². The van der Waals surface area contributed by atoms with Crippen LogP contribution in [0.25, 0.3) is 0 Å². The van der Waals surface area contributed by atoms with Gasteiger partial charge >= 0.3 is 0 Å². The van der Waals surface area contributed by atoms with E-state index < -0.39 is 0 Å². The van der Waals surface area contributed by atoms with Crippen molar-refractivity contribution >= 4 is 6.29 Å². The summed E-state index contributed by atoms with van der Waals surface area (Å²) in [6, 6.07) is 0. The molecule has 0 aromatic carbocycles. The van der Waals surface area contributed by atoms with Crippen LogP contribution in [0.15, 0.2) is 0 Å². The summed E-state index contributed by atoms with van der Waals surface area (Å²) < 4.78 is 0. The third-order valence-corrected chi connectivity index (χ3v) is 0.934. The second-order valence-electron chi connectivity index (χ2n) is 1.47. The zero-order valence-electron chi connectivity index (χ0n) is 4.39. The average Bonchev–Trinajstić information content (AvgIpc) is 1.72. The Hall–Kier alpha value is -0.330. The molecule has 0 aliphatic carbocycles. The van der Waals surface area contributed by atoms with Crippen LogP contribution in [-0.2, 0) is 4.79 Å². The monoisotopic (exact) mass is 98.1 g/mol. The lowest BCUT2D eigenvalue weighted by Gasteiger charge is -1.97. The highest BCUT2D eigenvalue weighted by Crippen LogP contribution is 2.00. The van der Waals surface area contributed by atoms with Crippen molar-refractivity contribution in [3.05, 3.63) is 13.8 Å². The van der Waals surface area contributed by atoms with Crippen LogP contribution in [0.3, 0.4) is 0 Å². The van der Waals surface area contributed by atoms with Gasteiger partial charge in [-0.05, 0) is 12.8 Å². The zero-order chi connectivity index (χ0) is 5.70. The number of aldehydes is 1. The normalized spacial score (nSPS) is 9.57. The lowest BCUT2D eigenvalue weighted by atomic mass is 10.1. The molecular formula is C6H10O. The van der Waals surface area contributed by atoms with Gasteiger partial charge in [0.05, 0.1) is 0 Å². The number of carbonyl (C=O) groups excluding carboxylic acids is 1. The molecule has 0 amide bonds. The summed E-state index contributed by atoms with van der Waals surface area (Å²) in [7, 11) is 0. The molecule has 1 heteroatoms.